The number of aromatic hydroxyl groups is 1. The predicted molar refractivity (Wildman–Crippen MR) is 84.0 cm³/mol. The fourth-order valence-electron chi connectivity index (χ4n) is 1.96. The average molecular weight is 415 g/mol. The zero-order chi connectivity index (χ0) is 16.4. The summed E-state index contributed by atoms with van der Waals surface area (Å²) in [5.41, 5.74) is 0.432. The van der Waals surface area contributed by atoms with Gasteiger partial charge in [-0.1, -0.05) is 0 Å². The Kier molecular flexibility index (Phi) is 5.83. The van der Waals surface area contributed by atoms with Crippen molar-refractivity contribution < 1.29 is 19.8 Å². The van der Waals surface area contributed by atoms with Gasteiger partial charge < -0.3 is 0 Å². The molecule has 1 aromatic rings. The summed E-state index contributed by atoms with van der Waals surface area (Å²) in [6.45, 7) is 2.69. The van der Waals surface area contributed by atoms with Crippen LogP contribution in [0.15, 0.2) is 24.3 Å². The summed E-state index contributed by atoms with van der Waals surface area (Å²) >= 11 is 0. The van der Waals surface area contributed by atoms with Gasteiger partial charge in [-0.3, -0.25) is 0 Å². The minimum absolute atomic E-state index is 0.00400. The van der Waals surface area contributed by atoms with E-state index in [0.717, 1.165) is 0 Å². The molecule has 1 rings (SSSR count). The van der Waals surface area contributed by atoms with Gasteiger partial charge in [0.15, 0.2) is 0 Å². The van der Waals surface area contributed by atoms with E-state index >= 15 is 0 Å². The Labute approximate surface area is 137 Å². The molecule has 1 aromatic carbocycles. The van der Waals surface area contributed by atoms with Gasteiger partial charge in [0.1, 0.15) is 0 Å². The fourth-order valence-corrected chi connectivity index (χ4v) is 7.49. The van der Waals surface area contributed by atoms with Gasteiger partial charge in [-0.05, 0) is 0 Å². The number of amides is 1. The van der Waals surface area contributed by atoms with Crippen LogP contribution >= 0.6 is 30.0 Å². The molecule has 9 heteroatoms. The number of halogens is 3. The van der Waals surface area contributed by atoms with Crippen molar-refractivity contribution in [2.24, 2.45) is 0 Å². The first-order valence-electron chi connectivity index (χ1n) is 5.86. The molecule has 2 unspecified atom stereocenters. The number of carboxylic acids is 1. The van der Waals surface area contributed by atoms with Crippen LogP contribution in [0.1, 0.15) is 19.4 Å². The maximum atomic E-state index is 11.6. The fraction of sp³-hybridized carbons (Fsp3) is 0.333. The molecular formula is C12H14Cl3GeNO4. The number of carboxylic acid groups (broad SMARTS) is 1. The van der Waals surface area contributed by atoms with Crippen LogP contribution < -0.4 is 5.32 Å². The molecule has 0 bridgehead atoms. The molecule has 0 aliphatic heterocycles. The zero-order valence-corrected chi connectivity index (χ0v) is 15.6. The Bertz CT molecular complexity index is 546. The number of aliphatic carboxylic acids is 1. The molecule has 2 atom stereocenters. The Morgan fingerprint density at radius 2 is 1.71 bits per heavy atom. The Hall–Kier alpha value is -0.627. The molecule has 0 saturated heterocycles. The van der Waals surface area contributed by atoms with Gasteiger partial charge in [0.2, 0.25) is 0 Å². The van der Waals surface area contributed by atoms with Crippen LogP contribution in [-0.4, -0.2) is 38.6 Å². The number of nitrogens with one attached hydrogen (secondary N) is 1. The summed E-state index contributed by atoms with van der Waals surface area (Å²) in [7, 11) is 14.4. The molecule has 116 valence electrons. The SMILES string of the molecule is CC(=O)NC(C(=O)O)[C](C)(c1ccc(O)cc1)[Ge]([Cl])([Cl])[Cl]. The number of phenolic OH excluding ortho intramolecular Hbond substituents is 1. The molecule has 1 amide bonds. The van der Waals surface area contributed by atoms with Crippen molar-refractivity contribution in [3.63, 3.8) is 0 Å². The number of carbonyl (C=O) groups excluding carboxylic acids is 1. The van der Waals surface area contributed by atoms with E-state index in [1.165, 1.54) is 38.1 Å². The predicted octanol–water partition coefficient (Wildman–Crippen LogP) is 2.43. The Balaban J connectivity index is 3.48. The third-order valence-electron chi connectivity index (χ3n) is 3.23. The zero-order valence-electron chi connectivity index (χ0n) is 11.2. The van der Waals surface area contributed by atoms with Crippen molar-refractivity contribution in [2.45, 2.75) is 24.1 Å². The molecule has 21 heavy (non-hydrogen) atoms. The van der Waals surface area contributed by atoms with Crippen molar-refractivity contribution in [3.05, 3.63) is 29.8 Å². The molecule has 3 N–H and O–H groups in total. The van der Waals surface area contributed by atoms with Gasteiger partial charge in [0.25, 0.3) is 0 Å². The monoisotopic (exact) mass is 415 g/mol. The minimum atomic E-state index is -4.18. The van der Waals surface area contributed by atoms with Crippen LogP contribution in [0, 0.1) is 0 Å². The molecular weight excluding hydrogens is 401 g/mol. The molecule has 0 heterocycles. The second kappa shape index (κ2) is 6.64. The van der Waals surface area contributed by atoms with Crippen LogP contribution in [0.2, 0.25) is 0 Å². The van der Waals surface area contributed by atoms with Gasteiger partial charge in [-0.25, -0.2) is 0 Å². The van der Waals surface area contributed by atoms with E-state index in [1.54, 1.807) is 0 Å². The van der Waals surface area contributed by atoms with E-state index in [2.05, 4.69) is 5.32 Å². The second-order valence-corrected chi connectivity index (χ2v) is 20.8. The van der Waals surface area contributed by atoms with Crippen molar-refractivity contribution >= 4 is 52.4 Å². The van der Waals surface area contributed by atoms with Crippen LogP contribution in [0.4, 0.5) is 0 Å². The van der Waals surface area contributed by atoms with E-state index in [1.807, 2.05) is 0 Å². The summed E-state index contributed by atoms with van der Waals surface area (Å²) in [6, 6.07) is 4.34. The topological polar surface area (TPSA) is 86.6 Å². The number of benzene rings is 1. The summed E-state index contributed by atoms with van der Waals surface area (Å²) in [6.07, 6.45) is 0. The summed E-state index contributed by atoms with van der Waals surface area (Å²) in [5.74, 6) is -1.83. The number of hydrogen-bond donors (Lipinski definition) is 3. The normalized spacial score (nSPS) is 15.9. The van der Waals surface area contributed by atoms with Crippen LogP contribution in [0.5, 0.6) is 5.75 Å². The van der Waals surface area contributed by atoms with E-state index in [9.17, 15) is 19.8 Å². The van der Waals surface area contributed by atoms with E-state index in [-0.39, 0.29) is 5.75 Å². The van der Waals surface area contributed by atoms with Crippen LogP contribution in [0.3, 0.4) is 0 Å². The summed E-state index contributed by atoms with van der Waals surface area (Å²) in [4.78, 5) is 22.9. The molecule has 0 aliphatic carbocycles. The second-order valence-electron chi connectivity index (χ2n) is 4.72. The van der Waals surface area contributed by atoms with Gasteiger partial charge in [-0.2, -0.15) is 0 Å². The molecule has 0 fully saturated rings. The maximum absolute atomic E-state index is 11.6. The molecule has 0 aromatic heterocycles. The third-order valence-corrected chi connectivity index (χ3v) is 13.0. The third kappa shape index (κ3) is 3.97. The quantitative estimate of drug-likeness (QED) is 0.645. The summed E-state index contributed by atoms with van der Waals surface area (Å²) in [5, 5.41) is 21.1. The molecule has 5 nitrogen and oxygen atoms in total. The van der Waals surface area contributed by atoms with Crippen molar-refractivity contribution in [1.29, 1.82) is 0 Å². The molecule has 0 aliphatic rings. The van der Waals surface area contributed by atoms with Crippen molar-refractivity contribution in [3.8, 4) is 5.75 Å². The van der Waals surface area contributed by atoms with Gasteiger partial charge in [0, 0.05) is 0 Å². The van der Waals surface area contributed by atoms with Crippen molar-refractivity contribution in [1.82, 2.24) is 5.32 Å². The first-order chi connectivity index (χ1) is 9.50. The van der Waals surface area contributed by atoms with Gasteiger partial charge in [-0.15, -0.1) is 0 Å². The van der Waals surface area contributed by atoms with E-state index in [0.29, 0.717) is 5.56 Å². The van der Waals surface area contributed by atoms with Gasteiger partial charge in [0.05, 0.1) is 0 Å². The number of phenols is 1. The molecule has 0 saturated carbocycles. The van der Waals surface area contributed by atoms with Crippen LogP contribution in [0.25, 0.3) is 0 Å². The van der Waals surface area contributed by atoms with E-state index < -0.39 is 32.6 Å². The first kappa shape index (κ1) is 18.4. The van der Waals surface area contributed by atoms with Gasteiger partial charge >= 0.3 is 137 Å². The summed E-state index contributed by atoms with van der Waals surface area (Å²) < 4.78 is -1.37. The Morgan fingerprint density at radius 1 is 1.24 bits per heavy atom. The first-order valence-corrected chi connectivity index (χ1v) is 15.2. The molecule has 0 radical (unpaired) electrons. The average Bonchev–Trinajstić information content (AvgIpc) is 2.34. The number of rotatable bonds is 5. The van der Waals surface area contributed by atoms with Crippen LogP contribution in [-0.2, 0) is 13.8 Å². The number of carbonyl (C=O) groups is 2. The van der Waals surface area contributed by atoms with Crippen molar-refractivity contribution in [2.75, 3.05) is 0 Å². The molecule has 0 spiro atoms. The number of hydrogen-bond acceptors (Lipinski definition) is 3. The standard InChI is InChI=1S/C12H14Cl3GeNO4/c1-7(18)17-10(11(20)21)12(2,16(13,14)15)8-3-5-9(19)6-4-8/h3-6,10,19H,1-2H3,(H,17,18)(H,20,21). The van der Waals surface area contributed by atoms with E-state index in [4.69, 9.17) is 30.0 Å². The Morgan fingerprint density at radius 3 is 2.05 bits per heavy atom.